The highest BCUT2D eigenvalue weighted by Crippen LogP contribution is 2.39. The van der Waals surface area contributed by atoms with Gasteiger partial charge in [-0.15, -0.1) is 4.91 Å². The molecule has 1 atom stereocenters. The molecule has 0 radical (unpaired) electrons. The molecular weight excluding hydrogens is 218 g/mol. The third kappa shape index (κ3) is 2.59. The third-order valence-electron chi connectivity index (χ3n) is 3.05. The molecule has 1 unspecified atom stereocenters. The van der Waals surface area contributed by atoms with Crippen LogP contribution in [0.2, 0.25) is 0 Å². The number of nitroso groups, excluding NO2 is 1. The maximum atomic E-state index is 11.0. The van der Waals surface area contributed by atoms with Gasteiger partial charge in [0.2, 0.25) is 0 Å². The number of alkyl halides is 1. The number of primary amides is 1. The van der Waals surface area contributed by atoms with Crippen LogP contribution in [0.3, 0.4) is 0 Å². The summed E-state index contributed by atoms with van der Waals surface area (Å²) in [4.78, 5) is 20.4. The van der Waals surface area contributed by atoms with Gasteiger partial charge in [0.05, 0.1) is 5.29 Å². The molecule has 6 heteroatoms. The molecule has 1 rings (SSSR count). The number of hydrogen-bond acceptors (Lipinski definition) is 3. The average molecular weight is 234 g/mol. The summed E-state index contributed by atoms with van der Waals surface area (Å²) in [5.74, 6) is 0.0816. The first kappa shape index (κ1) is 12.2. The first-order chi connectivity index (χ1) is 7.00. The minimum atomic E-state index is -1.09. The summed E-state index contributed by atoms with van der Waals surface area (Å²) < 4.78 is 0. The second-order valence-electron chi connectivity index (χ2n) is 4.09. The van der Waals surface area contributed by atoms with Crippen LogP contribution >= 0.6 is 11.6 Å². The van der Waals surface area contributed by atoms with Gasteiger partial charge in [-0.2, -0.15) is 5.01 Å². The van der Waals surface area contributed by atoms with Gasteiger partial charge in [0.25, 0.3) is 0 Å². The van der Waals surface area contributed by atoms with E-state index in [-0.39, 0.29) is 5.92 Å². The molecule has 1 aliphatic carbocycles. The number of rotatable bonds is 3. The minimum Gasteiger partial charge on any atom is -0.350 e. The van der Waals surface area contributed by atoms with Crippen molar-refractivity contribution in [1.29, 1.82) is 0 Å². The van der Waals surface area contributed by atoms with E-state index >= 15 is 0 Å². The van der Waals surface area contributed by atoms with Gasteiger partial charge in [-0.05, 0) is 25.7 Å². The van der Waals surface area contributed by atoms with Crippen molar-refractivity contribution in [3.05, 3.63) is 4.91 Å². The highest BCUT2D eigenvalue weighted by atomic mass is 35.5. The highest BCUT2D eigenvalue weighted by Gasteiger charge is 2.41. The van der Waals surface area contributed by atoms with Crippen LogP contribution in [-0.2, 0) is 0 Å². The Hall–Kier alpha value is -0.840. The summed E-state index contributed by atoms with van der Waals surface area (Å²) in [7, 11) is 0. The van der Waals surface area contributed by atoms with Crippen LogP contribution in [0.15, 0.2) is 5.29 Å². The van der Waals surface area contributed by atoms with Crippen molar-refractivity contribution < 1.29 is 4.79 Å². The summed E-state index contributed by atoms with van der Waals surface area (Å²) in [5, 5.41) is 3.25. The van der Waals surface area contributed by atoms with E-state index < -0.39 is 11.0 Å². The van der Waals surface area contributed by atoms with Crippen LogP contribution in [0, 0.1) is 10.8 Å². The SMILES string of the molecule is CC(Cl)(C1CCCCC1)N(N=O)C(N)=O. The van der Waals surface area contributed by atoms with Gasteiger partial charge in [-0.25, -0.2) is 4.79 Å². The summed E-state index contributed by atoms with van der Waals surface area (Å²) in [5.41, 5.74) is 5.05. The van der Waals surface area contributed by atoms with Crippen molar-refractivity contribution in [1.82, 2.24) is 5.01 Å². The highest BCUT2D eigenvalue weighted by molar-refractivity contribution is 6.24. The number of amides is 2. The molecule has 1 fully saturated rings. The standard InChI is InChI=1S/C9H16ClN3O2/c1-9(10,13(12-15)8(11)14)7-5-3-2-4-6-7/h7H,2-6H2,1H3,(H2,11,14). The molecule has 2 amide bonds. The Labute approximate surface area is 93.9 Å². The molecule has 0 aromatic heterocycles. The first-order valence-corrected chi connectivity index (χ1v) is 5.49. The average Bonchev–Trinajstić information content (AvgIpc) is 2.19. The Morgan fingerprint density at radius 2 is 2.00 bits per heavy atom. The normalized spacial score (nSPS) is 21.7. The Kier molecular flexibility index (Phi) is 3.90. The number of nitrogens with two attached hydrogens (primary N) is 1. The molecule has 0 heterocycles. The van der Waals surface area contributed by atoms with E-state index in [1.54, 1.807) is 6.92 Å². The molecule has 86 valence electrons. The van der Waals surface area contributed by atoms with Crippen LogP contribution in [0.4, 0.5) is 4.79 Å². The van der Waals surface area contributed by atoms with E-state index in [0.29, 0.717) is 5.01 Å². The van der Waals surface area contributed by atoms with Crippen LogP contribution in [0.5, 0.6) is 0 Å². The van der Waals surface area contributed by atoms with Crippen molar-refractivity contribution in [3.8, 4) is 0 Å². The largest absolute Gasteiger partial charge is 0.350 e. The predicted molar refractivity (Wildman–Crippen MR) is 58.1 cm³/mol. The number of carbonyl (C=O) groups excluding carboxylic acids is 1. The van der Waals surface area contributed by atoms with Crippen LogP contribution in [0.1, 0.15) is 39.0 Å². The predicted octanol–water partition coefficient (Wildman–Crippen LogP) is 2.58. The van der Waals surface area contributed by atoms with Gasteiger partial charge in [-0.3, -0.25) is 0 Å². The summed E-state index contributed by atoms with van der Waals surface area (Å²) in [6, 6.07) is -0.895. The van der Waals surface area contributed by atoms with Crippen molar-refractivity contribution in [2.24, 2.45) is 16.9 Å². The molecule has 1 aliphatic rings. The van der Waals surface area contributed by atoms with Gasteiger partial charge in [0.15, 0.2) is 0 Å². The molecule has 2 N–H and O–H groups in total. The molecule has 0 saturated heterocycles. The topological polar surface area (TPSA) is 75.8 Å². The Morgan fingerprint density at radius 1 is 1.47 bits per heavy atom. The fourth-order valence-electron chi connectivity index (χ4n) is 2.14. The van der Waals surface area contributed by atoms with Crippen molar-refractivity contribution in [3.63, 3.8) is 0 Å². The van der Waals surface area contributed by atoms with Crippen molar-refractivity contribution >= 4 is 17.6 Å². The van der Waals surface area contributed by atoms with E-state index in [1.165, 1.54) is 6.42 Å². The maximum Gasteiger partial charge on any atom is 0.339 e. The van der Waals surface area contributed by atoms with Gasteiger partial charge in [-0.1, -0.05) is 30.9 Å². The molecule has 0 aromatic rings. The van der Waals surface area contributed by atoms with E-state index in [0.717, 1.165) is 25.7 Å². The molecule has 5 nitrogen and oxygen atoms in total. The molecule has 0 aromatic carbocycles. The van der Waals surface area contributed by atoms with Crippen molar-refractivity contribution in [2.75, 3.05) is 0 Å². The van der Waals surface area contributed by atoms with Crippen molar-refractivity contribution in [2.45, 2.75) is 44.0 Å². The third-order valence-corrected chi connectivity index (χ3v) is 3.52. The van der Waals surface area contributed by atoms with E-state index in [2.05, 4.69) is 5.29 Å². The second kappa shape index (κ2) is 4.79. The Bertz CT molecular complexity index is 252. The quantitative estimate of drug-likeness (QED) is 0.352. The molecular formula is C9H16ClN3O2. The summed E-state index contributed by atoms with van der Waals surface area (Å²) in [6.45, 7) is 1.62. The smallest absolute Gasteiger partial charge is 0.339 e. The van der Waals surface area contributed by atoms with Crippen LogP contribution < -0.4 is 5.73 Å². The van der Waals surface area contributed by atoms with Gasteiger partial charge in [0.1, 0.15) is 5.00 Å². The number of nitrogens with zero attached hydrogens (tertiary/aromatic N) is 2. The fourth-order valence-corrected chi connectivity index (χ4v) is 2.47. The van der Waals surface area contributed by atoms with Crippen LogP contribution in [-0.4, -0.2) is 16.0 Å². The summed E-state index contributed by atoms with van der Waals surface area (Å²) >= 11 is 6.21. The zero-order valence-electron chi connectivity index (χ0n) is 8.78. The first-order valence-electron chi connectivity index (χ1n) is 5.12. The Balaban J connectivity index is 2.77. The lowest BCUT2D eigenvalue weighted by molar-refractivity contribution is 0.121. The van der Waals surface area contributed by atoms with Gasteiger partial charge >= 0.3 is 6.03 Å². The molecule has 0 spiro atoms. The van der Waals surface area contributed by atoms with E-state index in [9.17, 15) is 9.70 Å². The van der Waals surface area contributed by atoms with E-state index in [1.807, 2.05) is 0 Å². The zero-order chi connectivity index (χ0) is 11.5. The maximum absolute atomic E-state index is 11.0. The lowest BCUT2D eigenvalue weighted by Gasteiger charge is -2.37. The number of carbonyl (C=O) groups is 1. The molecule has 15 heavy (non-hydrogen) atoms. The van der Waals surface area contributed by atoms with Crippen LogP contribution in [0.25, 0.3) is 0 Å². The molecule has 0 aliphatic heterocycles. The second-order valence-corrected chi connectivity index (χ2v) is 4.86. The molecule has 1 saturated carbocycles. The molecule has 0 bridgehead atoms. The lowest BCUT2D eigenvalue weighted by Crippen LogP contribution is -2.50. The van der Waals surface area contributed by atoms with Gasteiger partial charge in [0, 0.05) is 0 Å². The fraction of sp³-hybridized carbons (Fsp3) is 0.889. The lowest BCUT2D eigenvalue weighted by atomic mass is 9.84. The van der Waals surface area contributed by atoms with Gasteiger partial charge < -0.3 is 5.73 Å². The number of hydrogen-bond donors (Lipinski definition) is 1. The van der Waals surface area contributed by atoms with E-state index in [4.69, 9.17) is 17.3 Å². The zero-order valence-corrected chi connectivity index (χ0v) is 9.54. The monoisotopic (exact) mass is 233 g/mol. The number of halogens is 1. The minimum absolute atomic E-state index is 0.0816. The number of urea groups is 1. The summed E-state index contributed by atoms with van der Waals surface area (Å²) in [6.07, 6.45) is 5.12. The Morgan fingerprint density at radius 3 is 2.40 bits per heavy atom.